The van der Waals surface area contributed by atoms with E-state index in [1.807, 2.05) is 13.0 Å². The number of carbonyl (C=O) groups is 2. The third-order valence-electron chi connectivity index (χ3n) is 6.52. The number of halogens is 1. The summed E-state index contributed by atoms with van der Waals surface area (Å²) in [5.74, 6) is -0.997. The summed E-state index contributed by atoms with van der Waals surface area (Å²) < 4.78 is 12.4. The number of carboxylic acids is 1. The second kappa shape index (κ2) is 6.57. The molecular formula is C20H23BrNO6+. The maximum absolute atomic E-state index is 12.7. The second-order valence-corrected chi connectivity index (χ2v) is 8.61. The monoisotopic (exact) mass is 452 g/mol. The van der Waals surface area contributed by atoms with Crippen molar-refractivity contribution in [2.45, 2.75) is 43.9 Å². The highest BCUT2D eigenvalue weighted by atomic mass is 79.9. The molecule has 1 aliphatic carbocycles. The molecule has 0 bridgehead atoms. The topological polar surface area (TPSA) is 93.1 Å². The van der Waals surface area contributed by atoms with E-state index in [9.17, 15) is 19.8 Å². The van der Waals surface area contributed by atoms with Crippen molar-refractivity contribution in [3.63, 3.8) is 0 Å². The zero-order valence-electron chi connectivity index (χ0n) is 15.8. The Morgan fingerprint density at radius 2 is 2.21 bits per heavy atom. The van der Waals surface area contributed by atoms with Gasteiger partial charge in [0.15, 0.2) is 11.5 Å². The van der Waals surface area contributed by atoms with Gasteiger partial charge in [0.1, 0.15) is 12.6 Å². The summed E-state index contributed by atoms with van der Waals surface area (Å²) >= 11 is 3.61. The number of aliphatic hydroxyl groups is 1. The molecule has 2 N–H and O–H groups in total. The maximum atomic E-state index is 12.7. The van der Waals surface area contributed by atoms with E-state index in [1.54, 1.807) is 19.3 Å². The van der Waals surface area contributed by atoms with Crippen molar-refractivity contribution in [2.24, 2.45) is 0 Å². The zero-order chi connectivity index (χ0) is 20.3. The Morgan fingerprint density at radius 1 is 1.46 bits per heavy atom. The average molecular weight is 453 g/mol. The van der Waals surface area contributed by atoms with Crippen molar-refractivity contribution in [3.05, 3.63) is 33.8 Å². The summed E-state index contributed by atoms with van der Waals surface area (Å²) in [5.41, 5.74) is 1.29. The summed E-state index contributed by atoms with van der Waals surface area (Å²) in [6, 6.07) is 1.81. The fraction of sp³-hybridized carbons (Fsp3) is 0.500. The Morgan fingerprint density at radius 3 is 2.86 bits per heavy atom. The summed E-state index contributed by atoms with van der Waals surface area (Å²) in [5, 5.41) is 19.6. The van der Waals surface area contributed by atoms with Gasteiger partial charge < -0.3 is 19.7 Å². The number of aliphatic hydroxyl groups excluding tert-OH is 1. The van der Waals surface area contributed by atoms with Gasteiger partial charge in [-0.15, -0.1) is 0 Å². The number of carboxylic acid groups (broad SMARTS) is 1. The molecule has 0 radical (unpaired) electrons. The van der Waals surface area contributed by atoms with Crippen molar-refractivity contribution in [1.82, 2.24) is 0 Å². The summed E-state index contributed by atoms with van der Waals surface area (Å²) in [6.07, 6.45) is 3.85. The molecule has 150 valence electrons. The SMILES string of the molecule is CC[N+]1(C(=O)C(=O)O)CCC23C=C[C@H](O)CC2Oc2c(OC)cc(Br)c(c23)C1. The maximum Gasteiger partial charge on any atom is 0.434 e. The lowest BCUT2D eigenvalue weighted by molar-refractivity contribution is -0.863. The van der Waals surface area contributed by atoms with Crippen LogP contribution in [0.1, 0.15) is 30.9 Å². The van der Waals surface area contributed by atoms with Crippen LogP contribution in [0, 0.1) is 0 Å². The van der Waals surface area contributed by atoms with Gasteiger partial charge in [0.2, 0.25) is 0 Å². The van der Waals surface area contributed by atoms with Crippen molar-refractivity contribution in [3.8, 4) is 11.5 Å². The van der Waals surface area contributed by atoms with Crippen LogP contribution < -0.4 is 9.47 Å². The van der Waals surface area contributed by atoms with Gasteiger partial charge in [0.05, 0.1) is 31.7 Å². The van der Waals surface area contributed by atoms with Crippen molar-refractivity contribution in [2.75, 3.05) is 20.2 Å². The number of benzene rings is 1. The van der Waals surface area contributed by atoms with Crippen LogP contribution in [0.4, 0.5) is 0 Å². The Kier molecular flexibility index (Phi) is 4.56. The van der Waals surface area contributed by atoms with Crippen LogP contribution in [0.5, 0.6) is 11.5 Å². The van der Waals surface area contributed by atoms with Gasteiger partial charge in [0.25, 0.3) is 0 Å². The predicted octanol–water partition coefficient (Wildman–Crippen LogP) is 2.13. The van der Waals surface area contributed by atoms with Gasteiger partial charge in [-0.25, -0.2) is 14.1 Å². The molecule has 0 aromatic heterocycles. The smallest absolute Gasteiger partial charge is 0.434 e. The largest absolute Gasteiger partial charge is 0.493 e. The molecule has 1 aromatic carbocycles. The molecule has 3 aliphatic rings. The van der Waals surface area contributed by atoms with Crippen LogP contribution in [0.3, 0.4) is 0 Å². The number of hydrogen-bond donors (Lipinski definition) is 2. The van der Waals surface area contributed by atoms with E-state index in [0.29, 0.717) is 37.4 Å². The number of amides is 1. The minimum absolute atomic E-state index is 0.155. The van der Waals surface area contributed by atoms with E-state index in [2.05, 4.69) is 15.9 Å². The molecule has 0 saturated carbocycles. The highest BCUT2D eigenvalue weighted by molar-refractivity contribution is 9.10. The van der Waals surface area contributed by atoms with E-state index >= 15 is 0 Å². The molecule has 2 aliphatic heterocycles. The van der Waals surface area contributed by atoms with Crippen LogP contribution in [-0.2, 0) is 21.5 Å². The highest BCUT2D eigenvalue weighted by Crippen LogP contribution is 2.57. The van der Waals surface area contributed by atoms with Crippen LogP contribution >= 0.6 is 15.9 Å². The van der Waals surface area contributed by atoms with Gasteiger partial charge in [-0.3, -0.25) is 0 Å². The van der Waals surface area contributed by atoms with Gasteiger partial charge in [-0.2, -0.15) is 0 Å². The first-order valence-corrected chi connectivity index (χ1v) is 10.1. The zero-order valence-corrected chi connectivity index (χ0v) is 17.4. The first kappa shape index (κ1) is 19.4. The Balaban J connectivity index is 1.98. The average Bonchev–Trinajstić information content (AvgIpc) is 2.91. The van der Waals surface area contributed by atoms with Gasteiger partial charge in [0, 0.05) is 28.4 Å². The summed E-state index contributed by atoms with van der Waals surface area (Å²) in [4.78, 5) is 24.3. The molecule has 2 heterocycles. The number of hydrogen-bond acceptors (Lipinski definition) is 5. The van der Waals surface area contributed by atoms with Crippen LogP contribution in [0.25, 0.3) is 0 Å². The van der Waals surface area contributed by atoms with Crippen molar-refractivity contribution < 1.29 is 33.8 Å². The van der Waals surface area contributed by atoms with Crippen LogP contribution in [0.15, 0.2) is 22.7 Å². The van der Waals surface area contributed by atoms with Gasteiger partial charge in [-0.1, -0.05) is 28.1 Å². The molecule has 0 saturated heterocycles. The number of rotatable bonds is 2. The molecule has 28 heavy (non-hydrogen) atoms. The molecule has 0 fully saturated rings. The number of ether oxygens (including phenoxy) is 2. The minimum Gasteiger partial charge on any atom is -0.493 e. The molecule has 4 rings (SSSR count). The third-order valence-corrected chi connectivity index (χ3v) is 7.23. The third kappa shape index (κ3) is 2.54. The molecule has 1 spiro atoms. The van der Waals surface area contributed by atoms with E-state index < -0.39 is 23.4 Å². The molecule has 4 atom stereocenters. The lowest BCUT2D eigenvalue weighted by atomic mass is 9.69. The predicted molar refractivity (Wildman–Crippen MR) is 103 cm³/mol. The molecule has 1 amide bonds. The lowest BCUT2D eigenvalue weighted by Crippen LogP contribution is -2.56. The van der Waals surface area contributed by atoms with Gasteiger partial charge >= 0.3 is 11.9 Å². The fourth-order valence-electron chi connectivity index (χ4n) is 4.94. The Bertz CT molecular complexity index is 899. The van der Waals surface area contributed by atoms with Gasteiger partial charge in [-0.05, 0) is 13.0 Å². The first-order chi connectivity index (χ1) is 13.3. The van der Waals surface area contributed by atoms with Crippen molar-refractivity contribution in [1.29, 1.82) is 0 Å². The molecule has 8 heteroatoms. The van der Waals surface area contributed by atoms with E-state index in [-0.39, 0.29) is 17.1 Å². The fourth-order valence-corrected chi connectivity index (χ4v) is 5.47. The summed E-state index contributed by atoms with van der Waals surface area (Å²) in [7, 11) is 1.57. The normalized spacial score (nSPS) is 32.7. The molecular weight excluding hydrogens is 430 g/mol. The van der Waals surface area contributed by atoms with Crippen LogP contribution in [-0.4, -0.2) is 59.0 Å². The Labute approximate surface area is 171 Å². The van der Waals surface area contributed by atoms with E-state index in [1.165, 1.54) is 0 Å². The number of likely N-dealkylation sites (N-methyl/N-ethyl adjacent to an activating group) is 1. The standard InChI is InChI=1S/C20H22BrNO6/c1-3-22(18(24)19(25)26)7-6-20-5-4-11(23)8-15(20)28-17-14(27-2)9-13(21)12(10-22)16(17)20/h4-5,9,11,15,23H,3,6-8,10H2,1-2H3/p+1/t11-,15?,20?,22?/m0/s1. The number of quaternary nitrogens is 1. The highest BCUT2D eigenvalue weighted by Gasteiger charge is 2.57. The number of carbonyl (C=O) groups excluding carboxylic acids is 1. The first-order valence-electron chi connectivity index (χ1n) is 9.36. The van der Waals surface area contributed by atoms with Crippen LogP contribution in [0.2, 0.25) is 0 Å². The molecule has 7 nitrogen and oxygen atoms in total. The lowest BCUT2D eigenvalue weighted by Gasteiger charge is -2.37. The molecule has 3 unspecified atom stereocenters. The summed E-state index contributed by atoms with van der Waals surface area (Å²) in [6.45, 7) is 2.87. The minimum atomic E-state index is -1.41. The number of methoxy groups -OCH3 is 1. The van der Waals surface area contributed by atoms with E-state index in [4.69, 9.17) is 9.47 Å². The van der Waals surface area contributed by atoms with Crippen molar-refractivity contribution >= 4 is 27.8 Å². The van der Waals surface area contributed by atoms with E-state index in [0.717, 1.165) is 15.6 Å². The molecule has 1 aromatic rings. The number of nitrogens with zero attached hydrogens (tertiary/aromatic N) is 1. The Hall–Kier alpha value is -1.90. The quantitative estimate of drug-likeness (QED) is 0.405. The second-order valence-electron chi connectivity index (χ2n) is 7.76. The number of aliphatic carboxylic acids is 1.